The van der Waals surface area contributed by atoms with Gasteiger partial charge in [-0.15, -0.1) is 0 Å². The van der Waals surface area contributed by atoms with Crippen LogP contribution in [0.25, 0.3) is 0 Å². The summed E-state index contributed by atoms with van der Waals surface area (Å²) in [4.78, 5) is 22.1. The quantitative estimate of drug-likeness (QED) is 0.385. The second-order valence-corrected chi connectivity index (χ2v) is 10.4. The van der Waals surface area contributed by atoms with E-state index in [1.165, 1.54) is 61.6 Å². The number of carbonyl (C=O) groups excluding carboxylic acids is 1. The van der Waals surface area contributed by atoms with E-state index in [2.05, 4.69) is 47.2 Å². The summed E-state index contributed by atoms with van der Waals surface area (Å²) in [5, 5.41) is 3.50. The Balaban J connectivity index is 1.22. The fraction of sp³-hybridized carbons (Fsp3) is 0.571. The molecule has 34 heavy (non-hydrogen) atoms. The van der Waals surface area contributed by atoms with Gasteiger partial charge in [-0.05, 0) is 74.1 Å². The van der Waals surface area contributed by atoms with Gasteiger partial charge >= 0.3 is 0 Å². The minimum atomic E-state index is 0.0544. The molecule has 0 radical (unpaired) electrons. The van der Waals surface area contributed by atoms with Crippen LogP contribution in [0.2, 0.25) is 12.6 Å². The number of pyridine rings is 1. The smallest absolute Gasteiger partial charge is 0.272 e. The lowest BCUT2D eigenvalue weighted by Crippen LogP contribution is -2.48. The number of anilines is 1. The monoisotopic (exact) mass is 458 g/mol. The Morgan fingerprint density at radius 3 is 2.32 bits per heavy atom. The molecule has 4 fully saturated rings. The lowest BCUT2D eigenvalue weighted by atomic mass is 9.45. The van der Waals surface area contributed by atoms with E-state index >= 15 is 0 Å². The first kappa shape index (κ1) is 23.3. The van der Waals surface area contributed by atoms with Crippen LogP contribution in [0.5, 0.6) is 0 Å². The molecular weight excluding hydrogens is 419 g/mol. The highest BCUT2D eigenvalue weighted by molar-refractivity contribution is 6.65. The molecule has 0 aromatic carbocycles. The molecule has 4 aliphatic rings. The third-order valence-corrected chi connectivity index (χ3v) is 7.78. The van der Waals surface area contributed by atoms with E-state index in [4.69, 9.17) is 0 Å². The van der Waals surface area contributed by atoms with Crippen molar-refractivity contribution < 1.29 is 4.79 Å². The molecule has 0 spiro atoms. The SMILES string of the molecule is C\C=C(/C=C(\C(=C\CC)N1CCN(C(=O)c2ccc(NB3CCC3)cn2)CC1)C1CC1)C1CC1. The summed E-state index contributed by atoms with van der Waals surface area (Å²) in [7, 11) is 0. The number of amides is 1. The van der Waals surface area contributed by atoms with Gasteiger partial charge in [0.15, 0.2) is 0 Å². The molecule has 0 bridgehead atoms. The Morgan fingerprint density at radius 1 is 1.09 bits per heavy atom. The summed E-state index contributed by atoms with van der Waals surface area (Å²) in [6, 6.07) is 3.88. The second kappa shape index (κ2) is 10.4. The molecule has 1 aromatic heterocycles. The number of hydrogen-bond donors (Lipinski definition) is 1. The zero-order chi connectivity index (χ0) is 23.5. The average Bonchev–Trinajstić information content (AvgIpc) is 3.75. The second-order valence-electron chi connectivity index (χ2n) is 10.4. The van der Waals surface area contributed by atoms with E-state index in [1.54, 1.807) is 0 Å². The van der Waals surface area contributed by atoms with Gasteiger partial charge in [-0.3, -0.25) is 4.79 Å². The first-order chi connectivity index (χ1) is 16.7. The van der Waals surface area contributed by atoms with E-state index in [0.29, 0.717) is 18.5 Å². The summed E-state index contributed by atoms with van der Waals surface area (Å²) < 4.78 is 0. The number of piperazine rings is 1. The fourth-order valence-electron chi connectivity index (χ4n) is 5.16. The predicted octanol–water partition coefficient (Wildman–Crippen LogP) is 5.63. The highest BCUT2D eigenvalue weighted by atomic mass is 16.2. The van der Waals surface area contributed by atoms with Crippen LogP contribution in [0.4, 0.5) is 5.69 Å². The van der Waals surface area contributed by atoms with Crippen molar-refractivity contribution in [1.29, 1.82) is 0 Å². The largest absolute Gasteiger partial charge is 0.427 e. The average molecular weight is 458 g/mol. The molecule has 2 saturated carbocycles. The van der Waals surface area contributed by atoms with Gasteiger partial charge in [0, 0.05) is 43.8 Å². The Labute approximate surface area is 205 Å². The molecule has 180 valence electrons. The van der Waals surface area contributed by atoms with E-state index in [1.807, 2.05) is 23.2 Å². The van der Waals surface area contributed by atoms with Crippen molar-refractivity contribution in [2.45, 2.75) is 65.0 Å². The minimum Gasteiger partial charge on any atom is -0.427 e. The molecule has 2 aliphatic carbocycles. The van der Waals surface area contributed by atoms with Gasteiger partial charge in [-0.2, -0.15) is 0 Å². The van der Waals surface area contributed by atoms with Gasteiger partial charge in [-0.1, -0.05) is 44.2 Å². The van der Waals surface area contributed by atoms with E-state index in [-0.39, 0.29) is 5.91 Å². The lowest BCUT2D eigenvalue weighted by Gasteiger charge is -2.38. The fourth-order valence-corrected chi connectivity index (χ4v) is 5.16. The van der Waals surface area contributed by atoms with Crippen LogP contribution < -0.4 is 5.23 Å². The summed E-state index contributed by atoms with van der Waals surface area (Å²) >= 11 is 0. The molecule has 2 saturated heterocycles. The van der Waals surface area contributed by atoms with Crippen LogP contribution >= 0.6 is 0 Å². The van der Waals surface area contributed by atoms with Crippen molar-refractivity contribution >= 4 is 18.4 Å². The van der Waals surface area contributed by atoms with Crippen LogP contribution in [0.3, 0.4) is 0 Å². The van der Waals surface area contributed by atoms with E-state index < -0.39 is 0 Å². The maximum atomic E-state index is 13.1. The van der Waals surface area contributed by atoms with Gasteiger partial charge < -0.3 is 15.0 Å². The van der Waals surface area contributed by atoms with Crippen molar-refractivity contribution in [3.8, 4) is 0 Å². The summed E-state index contributed by atoms with van der Waals surface area (Å²) in [5.74, 6) is 1.54. The minimum absolute atomic E-state index is 0.0544. The molecule has 1 aromatic rings. The number of allylic oxidation sites excluding steroid dienone is 5. The molecule has 1 amide bonds. The zero-order valence-electron chi connectivity index (χ0n) is 20.9. The van der Waals surface area contributed by atoms with Gasteiger partial charge in [0.2, 0.25) is 0 Å². The number of carbonyl (C=O) groups is 1. The molecule has 0 unspecified atom stereocenters. The van der Waals surface area contributed by atoms with Gasteiger partial charge in [0.05, 0.1) is 0 Å². The zero-order valence-corrected chi connectivity index (χ0v) is 20.9. The normalized spacial score (nSPS) is 22.1. The first-order valence-corrected chi connectivity index (χ1v) is 13.5. The van der Waals surface area contributed by atoms with Crippen molar-refractivity contribution in [1.82, 2.24) is 14.8 Å². The summed E-state index contributed by atoms with van der Waals surface area (Å²) in [6.45, 7) is 8.27. The molecule has 1 N–H and O–H groups in total. The molecule has 0 atom stereocenters. The summed E-state index contributed by atoms with van der Waals surface area (Å²) in [6.07, 6.45) is 19.2. The maximum Gasteiger partial charge on any atom is 0.272 e. The van der Waals surface area contributed by atoms with Crippen molar-refractivity contribution in [3.05, 3.63) is 59.1 Å². The van der Waals surface area contributed by atoms with Crippen molar-refractivity contribution in [2.24, 2.45) is 11.8 Å². The molecule has 5 rings (SSSR count). The van der Waals surface area contributed by atoms with E-state index in [9.17, 15) is 4.79 Å². The number of aromatic nitrogens is 1. The third kappa shape index (κ3) is 5.42. The van der Waals surface area contributed by atoms with Gasteiger partial charge in [-0.25, -0.2) is 4.98 Å². The Hall–Kier alpha value is -2.50. The molecule has 5 nitrogen and oxygen atoms in total. The number of hydrogen-bond acceptors (Lipinski definition) is 4. The van der Waals surface area contributed by atoms with Crippen LogP contribution in [0.15, 0.2) is 53.4 Å². The van der Waals surface area contributed by atoms with Crippen LogP contribution in [0, 0.1) is 11.8 Å². The topological polar surface area (TPSA) is 48.5 Å². The highest BCUT2D eigenvalue weighted by Crippen LogP contribution is 2.44. The maximum absolute atomic E-state index is 13.1. The van der Waals surface area contributed by atoms with Crippen molar-refractivity contribution in [2.75, 3.05) is 31.4 Å². The van der Waals surface area contributed by atoms with Crippen molar-refractivity contribution in [3.63, 3.8) is 0 Å². The molecular formula is C28H39BN4O. The molecule has 6 heteroatoms. The lowest BCUT2D eigenvalue weighted by molar-refractivity contribution is 0.0665. The first-order valence-electron chi connectivity index (χ1n) is 13.5. The number of nitrogens with one attached hydrogen (secondary N) is 1. The van der Waals surface area contributed by atoms with Crippen LogP contribution in [0.1, 0.15) is 62.9 Å². The summed E-state index contributed by atoms with van der Waals surface area (Å²) in [5.41, 5.74) is 6.06. The molecule has 2 aliphatic heterocycles. The third-order valence-electron chi connectivity index (χ3n) is 7.78. The standard InChI is InChI=1S/C28H39BN4O/c1-3-6-27(25(23-9-10-23)19-21(4-2)22-7-8-22)32-15-17-33(18-16-32)28(34)26-12-11-24(20-30-26)31-29-13-5-14-29/h4,6,11-12,19-20,22-23,31H,3,5,7-10,13-18H2,1-2H3/b21-4+,25-19-,27-6-. The number of rotatable bonds is 9. The van der Waals surface area contributed by atoms with Crippen LogP contribution in [-0.2, 0) is 0 Å². The van der Waals surface area contributed by atoms with Gasteiger partial charge in [0.25, 0.3) is 12.8 Å². The number of nitrogens with zero attached hydrogens (tertiary/aromatic N) is 3. The van der Waals surface area contributed by atoms with Gasteiger partial charge in [0.1, 0.15) is 5.69 Å². The van der Waals surface area contributed by atoms with E-state index in [0.717, 1.165) is 44.2 Å². The Morgan fingerprint density at radius 2 is 1.79 bits per heavy atom. The molecule has 3 heterocycles. The predicted molar refractivity (Wildman–Crippen MR) is 141 cm³/mol. The Bertz CT molecular complexity index is 963. The highest BCUT2D eigenvalue weighted by Gasteiger charge is 2.34. The van der Waals surface area contributed by atoms with Crippen LogP contribution in [-0.4, -0.2) is 53.7 Å². The Kier molecular flexibility index (Phi) is 7.12.